The Kier molecular flexibility index (Phi) is 5.37. The van der Waals surface area contributed by atoms with E-state index in [0.717, 1.165) is 34.4 Å². The number of carbonyl (C=O) groups is 1. The molecule has 6 rings (SSSR count). The first-order valence-electron chi connectivity index (χ1n) is 12.3. The van der Waals surface area contributed by atoms with Crippen molar-refractivity contribution in [3.8, 4) is 11.1 Å². The average Bonchev–Trinajstić information content (AvgIpc) is 3.34. The van der Waals surface area contributed by atoms with Gasteiger partial charge in [-0.2, -0.15) is 13.2 Å². The Hall–Kier alpha value is -3.32. The summed E-state index contributed by atoms with van der Waals surface area (Å²) in [6, 6.07) is 20.6. The van der Waals surface area contributed by atoms with Gasteiger partial charge in [-0.1, -0.05) is 60.7 Å². The first-order chi connectivity index (χ1) is 17.2. The van der Waals surface area contributed by atoms with Crippen molar-refractivity contribution in [3.05, 3.63) is 95.1 Å². The minimum Gasteiger partial charge on any atom is -0.448 e. The molecule has 3 aromatic rings. The van der Waals surface area contributed by atoms with Gasteiger partial charge in [0, 0.05) is 30.8 Å². The van der Waals surface area contributed by atoms with Gasteiger partial charge in [-0.05, 0) is 52.8 Å². The van der Waals surface area contributed by atoms with E-state index in [2.05, 4.69) is 24.3 Å². The maximum Gasteiger partial charge on any atom is 0.416 e. The molecule has 2 bridgehead atoms. The van der Waals surface area contributed by atoms with E-state index in [1.807, 2.05) is 24.3 Å². The summed E-state index contributed by atoms with van der Waals surface area (Å²) in [6.45, 7) is 0.209. The molecule has 0 spiro atoms. The van der Waals surface area contributed by atoms with Crippen LogP contribution in [0.4, 0.5) is 18.0 Å². The Morgan fingerprint density at radius 2 is 1.50 bits per heavy atom. The van der Waals surface area contributed by atoms with E-state index < -0.39 is 23.4 Å². The molecule has 1 aliphatic carbocycles. The van der Waals surface area contributed by atoms with Crippen LogP contribution in [0.5, 0.6) is 0 Å². The lowest BCUT2D eigenvalue weighted by Crippen LogP contribution is -2.52. The van der Waals surface area contributed by atoms with Gasteiger partial charge in [0.15, 0.2) is 0 Å². The molecule has 3 aromatic carbocycles. The summed E-state index contributed by atoms with van der Waals surface area (Å²) in [4.78, 5) is 14.9. The number of amides is 1. The van der Waals surface area contributed by atoms with Gasteiger partial charge in [0.1, 0.15) is 6.61 Å². The highest BCUT2D eigenvalue weighted by atomic mass is 19.4. The third kappa shape index (κ3) is 3.77. The van der Waals surface area contributed by atoms with Gasteiger partial charge in [0.2, 0.25) is 0 Å². The zero-order chi connectivity index (χ0) is 25.1. The largest absolute Gasteiger partial charge is 0.448 e. The summed E-state index contributed by atoms with van der Waals surface area (Å²) >= 11 is 0. The second-order valence-electron chi connectivity index (χ2n) is 10.1. The number of rotatable bonds is 3. The van der Waals surface area contributed by atoms with E-state index in [1.165, 1.54) is 12.1 Å². The summed E-state index contributed by atoms with van der Waals surface area (Å²) in [5, 5.41) is 11.4. The number of hydrogen-bond donors (Lipinski definition) is 1. The SMILES string of the molecule is O=C(OCC1c2ccccc2-c2ccccc21)N1C2CCC1CC(O)(c1cccc(C(F)(F)F)c1)C2. The standard InChI is InChI=1S/C29H26F3NO3/c30-29(31,32)19-7-5-6-18(14-19)28(35)15-20-12-13-21(16-28)33(20)27(34)36-17-26-24-10-3-1-8-22(24)23-9-2-4-11-25(23)26/h1-11,14,20-21,26,35H,12-13,15-17H2. The Morgan fingerprint density at radius 1 is 0.917 bits per heavy atom. The van der Waals surface area contributed by atoms with Gasteiger partial charge in [0.05, 0.1) is 11.2 Å². The van der Waals surface area contributed by atoms with Crippen molar-refractivity contribution in [2.75, 3.05) is 6.61 Å². The van der Waals surface area contributed by atoms with Crippen molar-refractivity contribution in [1.82, 2.24) is 4.90 Å². The normalized spacial score (nSPS) is 24.9. The van der Waals surface area contributed by atoms with Gasteiger partial charge in [-0.3, -0.25) is 0 Å². The third-order valence-electron chi connectivity index (χ3n) is 8.04. The van der Waals surface area contributed by atoms with Crippen LogP contribution in [0.15, 0.2) is 72.8 Å². The molecule has 36 heavy (non-hydrogen) atoms. The van der Waals surface area contributed by atoms with Crippen LogP contribution in [0.1, 0.15) is 53.9 Å². The molecule has 2 aliphatic heterocycles. The molecule has 4 nitrogen and oxygen atoms in total. The zero-order valence-corrected chi connectivity index (χ0v) is 19.5. The van der Waals surface area contributed by atoms with Gasteiger partial charge in [-0.25, -0.2) is 4.79 Å². The van der Waals surface area contributed by atoms with E-state index >= 15 is 0 Å². The van der Waals surface area contributed by atoms with Gasteiger partial charge in [0.25, 0.3) is 0 Å². The molecule has 0 saturated carbocycles. The zero-order valence-electron chi connectivity index (χ0n) is 19.5. The van der Waals surface area contributed by atoms with Crippen LogP contribution in [0.3, 0.4) is 0 Å². The number of ether oxygens (including phenoxy) is 1. The summed E-state index contributed by atoms with van der Waals surface area (Å²) in [5.41, 5.74) is 2.63. The lowest BCUT2D eigenvalue weighted by Gasteiger charge is -2.43. The van der Waals surface area contributed by atoms with Crippen LogP contribution in [-0.4, -0.2) is 34.8 Å². The summed E-state index contributed by atoms with van der Waals surface area (Å²) in [6.07, 6.45) is -3.14. The summed E-state index contributed by atoms with van der Waals surface area (Å²) in [7, 11) is 0. The van der Waals surface area contributed by atoms with Crippen molar-refractivity contribution >= 4 is 6.09 Å². The number of piperidine rings is 1. The molecular weight excluding hydrogens is 467 g/mol. The van der Waals surface area contributed by atoms with Gasteiger partial charge < -0.3 is 14.7 Å². The van der Waals surface area contributed by atoms with E-state index in [4.69, 9.17) is 4.74 Å². The minimum absolute atomic E-state index is 0.0502. The van der Waals surface area contributed by atoms with Crippen molar-refractivity contribution in [3.63, 3.8) is 0 Å². The summed E-state index contributed by atoms with van der Waals surface area (Å²) < 4.78 is 45.6. The first-order valence-corrected chi connectivity index (χ1v) is 12.3. The number of aliphatic hydroxyl groups is 1. The Morgan fingerprint density at radius 3 is 2.08 bits per heavy atom. The lowest BCUT2D eigenvalue weighted by atomic mass is 9.80. The van der Waals surface area contributed by atoms with E-state index in [0.29, 0.717) is 12.8 Å². The van der Waals surface area contributed by atoms with E-state index in [1.54, 1.807) is 4.90 Å². The molecule has 1 N–H and O–H groups in total. The number of carbonyl (C=O) groups excluding carboxylic acids is 1. The Balaban J connectivity index is 1.18. The Bertz CT molecular complexity index is 1260. The number of alkyl halides is 3. The molecule has 2 unspecified atom stereocenters. The molecule has 3 aliphatic rings. The van der Waals surface area contributed by atoms with Crippen molar-refractivity contribution in [1.29, 1.82) is 0 Å². The van der Waals surface area contributed by atoms with Gasteiger partial charge >= 0.3 is 12.3 Å². The maximum absolute atomic E-state index is 13.2. The fourth-order valence-corrected chi connectivity index (χ4v) is 6.41. The number of fused-ring (bicyclic) bond motifs is 5. The molecule has 0 aromatic heterocycles. The van der Waals surface area contributed by atoms with Crippen LogP contribution in [0, 0.1) is 0 Å². The number of halogens is 3. The van der Waals surface area contributed by atoms with Crippen LogP contribution >= 0.6 is 0 Å². The molecule has 2 saturated heterocycles. The first kappa shape index (κ1) is 23.1. The number of nitrogens with zero attached hydrogens (tertiary/aromatic N) is 1. The van der Waals surface area contributed by atoms with E-state index in [-0.39, 0.29) is 43.0 Å². The fourth-order valence-electron chi connectivity index (χ4n) is 6.41. The predicted molar refractivity (Wildman–Crippen MR) is 128 cm³/mol. The maximum atomic E-state index is 13.2. The lowest BCUT2D eigenvalue weighted by molar-refractivity contribution is -0.137. The van der Waals surface area contributed by atoms with Crippen LogP contribution < -0.4 is 0 Å². The minimum atomic E-state index is -4.48. The molecule has 2 heterocycles. The molecular formula is C29H26F3NO3. The van der Waals surface area contributed by atoms with Crippen molar-refractivity contribution < 1.29 is 27.8 Å². The number of hydrogen-bond acceptors (Lipinski definition) is 3. The van der Waals surface area contributed by atoms with Crippen molar-refractivity contribution in [2.24, 2.45) is 0 Å². The average molecular weight is 494 g/mol. The molecule has 186 valence electrons. The predicted octanol–water partition coefficient (Wildman–Crippen LogP) is 6.47. The molecule has 1 amide bonds. The highest BCUT2D eigenvalue weighted by molar-refractivity contribution is 5.79. The Labute approximate surface area is 207 Å². The van der Waals surface area contributed by atoms with Crippen LogP contribution in [0.25, 0.3) is 11.1 Å². The monoisotopic (exact) mass is 493 g/mol. The fraction of sp³-hybridized carbons (Fsp3) is 0.345. The van der Waals surface area contributed by atoms with E-state index in [9.17, 15) is 23.1 Å². The topological polar surface area (TPSA) is 49.8 Å². The second-order valence-corrected chi connectivity index (χ2v) is 10.1. The van der Waals surface area contributed by atoms with Crippen LogP contribution in [0.2, 0.25) is 0 Å². The molecule has 7 heteroatoms. The second kappa shape index (κ2) is 8.37. The van der Waals surface area contributed by atoms with Gasteiger partial charge in [-0.15, -0.1) is 0 Å². The number of benzene rings is 3. The van der Waals surface area contributed by atoms with Crippen LogP contribution in [-0.2, 0) is 16.5 Å². The quantitative estimate of drug-likeness (QED) is 0.455. The summed E-state index contributed by atoms with van der Waals surface area (Å²) in [5.74, 6) is -0.0502. The molecule has 2 fully saturated rings. The highest BCUT2D eigenvalue weighted by Crippen LogP contribution is 2.48. The smallest absolute Gasteiger partial charge is 0.416 e. The highest BCUT2D eigenvalue weighted by Gasteiger charge is 2.51. The molecule has 0 radical (unpaired) electrons. The molecule has 2 atom stereocenters. The third-order valence-corrected chi connectivity index (χ3v) is 8.04. The van der Waals surface area contributed by atoms with Crippen molar-refractivity contribution in [2.45, 2.75) is 55.5 Å².